The predicted molar refractivity (Wildman–Crippen MR) is 151 cm³/mol. The maximum atomic E-state index is 14.5. The van der Waals surface area contributed by atoms with Crippen LogP contribution in [0, 0.1) is 5.82 Å². The summed E-state index contributed by atoms with van der Waals surface area (Å²) in [6.45, 7) is -0.0647. The first-order valence-electron chi connectivity index (χ1n) is 13.1. The third-order valence-electron chi connectivity index (χ3n) is 6.90. The molecule has 10 nitrogen and oxygen atoms in total. The number of amides is 2. The molecule has 0 spiro atoms. The van der Waals surface area contributed by atoms with Gasteiger partial charge in [-0.05, 0) is 59.7 Å². The Labute approximate surface area is 240 Å². The number of anilines is 1. The number of nitrogens with zero attached hydrogens (tertiary/aromatic N) is 4. The fourth-order valence-corrected chi connectivity index (χ4v) is 4.84. The van der Waals surface area contributed by atoms with Crippen LogP contribution in [-0.2, 0) is 22.7 Å². The molecular weight excluding hydrogens is 541 g/mol. The molecule has 1 N–H and O–H groups in total. The summed E-state index contributed by atoms with van der Waals surface area (Å²) < 4.78 is 32.1. The Bertz CT molecular complexity index is 1760. The van der Waals surface area contributed by atoms with Crippen LogP contribution in [0.15, 0.2) is 91.0 Å². The van der Waals surface area contributed by atoms with E-state index < -0.39 is 23.7 Å². The van der Waals surface area contributed by atoms with Crippen LogP contribution in [0.1, 0.15) is 17.2 Å². The van der Waals surface area contributed by atoms with Crippen molar-refractivity contribution in [2.24, 2.45) is 0 Å². The van der Waals surface area contributed by atoms with Crippen LogP contribution in [0.2, 0.25) is 0 Å². The number of ether oxygens (including phenoxy) is 3. The van der Waals surface area contributed by atoms with Gasteiger partial charge >= 0.3 is 0 Å². The normalized spacial score (nSPS) is 12.6. The van der Waals surface area contributed by atoms with Crippen molar-refractivity contribution in [2.75, 3.05) is 19.2 Å². The van der Waals surface area contributed by atoms with Crippen LogP contribution in [0.25, 0.3) is 11.0 Å². The lowest BCUT2D eigenvalue weighted by Crippen LogP contribution is -2.42. The van der Waals surface area contributed by atoms with E-state index in [0.29, 0.717) is 39.5 Å². The summed E-state index contributed by atoms with van der Waals surface area (Å²) in [6.07, 6.45) is 0. The number of benzene rings is 4. The number of methoxy groups -OCH3 is 1. The molecule has 1 unspecified atom stereocenters. The summed E-state index contributed by atoms with van der Waals surface area (Å²) in [5, 5.41) is 11.2. The summed E-state index contributed by atoms with van der Waals surface area (Å²) in [4.78, 5) is 29.5. The molecule has 1 atom stereocenters. The van der Waals surface area contributed by atoms with Gasteiger partial charge in [0.25, 0.3) is 5.91 Å². The number of halogens is 1. The van der Waals surface area contributed by atoms with Crippen LogP contribution >= 0.6 is 0 Å². The standard InChI is InChI=1S/C31H26FN5O5/c1-40-24-12-9-20(10-13-24)17-36(29(38)18-37-26-8-3-2-7-25(26)34-35-37)30(21-5-4-6-22(32)15-21)31(39)33-23-11-14-27-28(16-23)42-19-41-27/h2-16,30H,17-19H2,1H3,(H,33,39). The van der Waals surface area contributed by atoms with Crippen molar-refractivity contribution in [3.63, 3.8) is 0 Å². The lowest BCUT2D eigenvalue weighted by atomic mass is 10.0. The maximum absolute atomic E-state index is 14.5. The number of hydrogen-bond donors (Lipinski definition) is 1. The number of nitrogens with one attached hydrogen (secondary N) is 1. The molecule has 0 saturated heterocycles. The van der Waals surface area contributed by atoms with Crippen molar-refractivity contribution >= 4 is 28.5 Å². The molecule has 0 bridgehead atoms. The highest BCUT2D eigenvalue weighted by molar-refractivity contribution is 5.98. The molecule has 6 rings (SSSR count). The monoisotopic (exact) mass is 567 g/mol. The summed E-state index contributed by atoms with van der Waals surface area (Å²) >= 11 is 0. The van der Waals surface area contributed by atoms with E-state index in [1.165, 1.54) is 27.8 Å². The van der Waals surface area contributed by atoms with Gasteiger partial charge in [-0.25, -0.2) is 9.07 Å². The minimum absolute atomic E-state index is 0.0468. The molecule has 2 amide bonds. The second-order valence-electron chi connectivity index (χ2n) is 9.62. The number of fused-ring (bicyclic) bond motifs is 2. The third-order valence-corrected chi connectivity index (χ3v) is 6.90. The molecule has 0 radical (unpaired) electrons. The van der Waals surface area contributed by atoms with Gasteiger partial charge in [-0.2, -0.15) is 0 Å². The largest absolute Gasteiger partial charge is 0.497 e. The minimum Gasteiger partial charge on any atom is -0.497 e. The summed E-state index contributed by atoms with van der Waals surface area (Å²) in [5.41, 5.74) is 2.78. The molecule has 1 aromatic heterocycles. The highest BCUT2D eigenvalue weighted by atomic mass is 19.1. The van der Waals surface area contributed by atoms with Gasteiger partial charge in [-0.1, -0.05) is 41.6 Å². The molecule has 11 heteroatoms. The summed E-state index contributed by atoms with van der Waals surface area (Å²) in [5.74, 6) is 0.201. The highest BCUT2D eigenvalue weighted by Gasteiger charge is 2.33. The zero-order chi connectivity index (χ0) is 29.1. The van der Waals surface area contributed by atoms with Crippen molar-refractivity contribution in [1.29, 1.82) is 0 Å². The van der Waals surface area contributed by atoms with E-state index in [-0.39, 0.29) is 19.9 Å². The Kier molecular flexibility index (Phi) is 7.37. The predicted octanol–water partition coefficient (Wildman–Crippen LogP) is 4.72. The molecule has 5 aromatic rings. The third kappa shape index (κ3) is 5.57. The molecule has 212 valence electrons. The average molecular weight is 568 g/mol. The Morgan fingerprint density at radius 1 is 1.00 bits per heavy atom. The van der Waals surface area contributed by atoms with Gasteiger partial charge in [-0.15, -0.1) is 5.10 Å². The van der Waals surface area contributed by atoms with Crippen LogP contribution in [0.3, 0.4) is 0 Å². The molecule has 2 heterocycles. The van der Waals surface area contributed by atoms with Crippen molar-refractivity contribution < 1.29 is 28.2 Å². The second kappa shape index (κ2) is 11.6. The van der Waals surface area contributed by atoms with E-state index in [9.17, 15) is 14.0 Å². The van der Waals surface area contributed by atoms with Crippen LogP contribution in [-0.4, -0.2) is 45.6 Å². The quantitative estimate of drug-likeness (QED) is 0.275. The lowest BCUT2D eigenvalue weighted by Gasteiger charge is -2.31. The molecular formula is C31H26FN5O5. The SMILES string of the molecule is COc1ccc(CN(C(=O)Cn2nnc3ccccc32)C(C(=O)Nc2ccc3c(c2)OCO3)c2cccc(F)c2)cc1. The van der Waals surface area contributed by atoms with E-state index in [0.717, 1.165) is 5.56 Å². The van der Waals surface area contributed by atoms with Crippen LogP contribution in [0.4, 0.5) is 10.1 Å². The van der Waals surface area contributed by atoms with Gasteiger partial charge in [-0.3, -0.25) is 9.59 Å². The lowest BCUT2D eigenvalue weighted by molar-refractivity contribution is -0.140. The van der Waals surface area contributed by atoms with Gasteiger partial charge in [0.1, 0.15) is 29.7 Å². The number of carbonyl (C=O) groups excluding carboxylic acids is 2. The Morgan fingerprint density at radius 2 is 1.81 bits per heavy atom. The molecule has 1 aliphatic rings. The summed E-state index contributed by atoms with van der Waals surface area (Å²) in [6, 6.07) is 23.9. The first-order valence-corrected chi connectivity index (χ1v) is 13.1. The number of carbonyl (C=O) groups is 2. The fraction of sp³-hybridized carbons (Fsp3) is 0.161. The van der Waals surface area contributed by atoms with E-state index in [1.807, 2.05) is 30.3 Å². The molecule has 42 heavy (non-hydrogen) atoms. The van der Waals surface area contributed by atoms with E-state index in [2.05, 4.69) is 15.6 Å². The molecule has 0 saturated carbocycles. The summed E-state index contributed by atoms with van der Waals surface area (Å²) in [7, 11) is 1.56. The van der Waals surface area contributed by atoms with Gasteiger partial charge in [0.15, 0.2) is 11.5 Å². The van der Waals surface area contributed by atoms with E-state index in [1.54, 1.807) is 49.6 Å². The topological polar surface area (TPSA) is 108 Å². The van der Waals surface area contributed by atoms with Gasteiger partial charge in [0.05, 0.1) is 12.6 Å². The van der Waals surface area contributed by atoms with Crippen LogP contribution in [0.5, 0.6) is 17.2 Å². The average Bonchev–Trinajstić information content (AvgIpc) is 3.64. The minimum atomic E-state index is -1.20. The second-order valence-corrected chi connectivity index (χ2v) is 9.62. The van der Waals surface area contributed by atoms with Crippen LogP contribution < -0.4 is 19.5 Å². The fourth-order valence-electron chi connectivity index (χ4n) is 4.84. The Balaban J connectivity index is 1.38. The Hall–Kier alpha value is -5.45. The maximum Gasteiger partial charge on any atom is 0.251 e. The zero-order valence-corrected chi connectivity index (χ0v) is 22.6. The molecule has 0 aliphatic carbocycles. The smallest absolute Gasteiger partial charge is 0.251 e. The van der Waals surface area contributed by atoms with E-state index >= 15 is 0 Å². The number of rotatable bonds is 9. The van der Waals surface area contributed by atoms with Crippen molar-refractivity contribution in [3.8, 4) is 17.2 Å². The van der Waals surface area contributed by atoms with Gasteiger partial charge < -0.3 is 24.4 Å². The number of aromatic nitrogens is 3. The van der Waals surface area contributed by atoms with E-state index in [4.69, 9.17) is 14.2 Å². The first kappa shape index (κ1) is 26.8. The van der Waals surface area contributed by atoms with Gasteiger partial charge in [0.2, 0.25) is 12.7 Å². The molecule has 0 fully saturated rings. The molecule has 4 aromatic carbocycles. The zero-order valence-electron chi connectivity index (χ0n) is 22.6. The van der Waals surface area contributed by atoms with Crippen molar-refractivity contribution in [1.82, 2.24) is 19.9 Å². The van der Waals surface area contributed by atoms with Crippen molar-refractivity contribution in [3.05, 3.63) is 108 Å². The van der Waals surface area contributed by atoms with Gasteiger partial charge in [0, 0.05) is 18.3 Å². The first-order chi connectivity index (χ1) is 20.5. The van der Waals surface area contributed by atoms with Crippen molar-refractivity contribution in [2.45, 2.75) is 19.1 Å². The molecule has 1 aliphatic heterocycles. The number of hydrogen-bond acceptors (Lipinski definition) is 7. The highest BCUT2D eigenvalue weighted by Crippen LogP contribution is 2.35. The Morgan fingerprint density at radius 3 is 2.62 bits per heavy atom. The number of para-hydroxylation sites is 1.